The van der Waals surface area contributed by atoms with Crippen LogP contribution in [0.2, 0.25) is 0 Å². The van der Waals surface area contributed by atoms with Crippen LogP contribution in [-0.4, -0.2) is 20.7 Å². The van der Waals surface area contributed by atoms with E-state index in [1.54, 1.807) is 23.1 Å². The van der Waals surface area contributed by atoms with E-state index in [2.05, 4.69) is 15.4 Å². The Morgan fingerprint density at radius 2 is 2.21 bits per heavy atom. The molecule has 5 nitrogen and oxygen atoms in total. The molecule has 0 radical (unpaired) electrons. The highest BCUT2D eigenvalue weighted by molar-refractivity contribution is 5.88. The van der Waals surface area contributed by atoms with E-state index in [9.17, 15) is 9.18 Å². The van der Waals surface area contributed by atoms with Gasteiger partial charge in [0.05, 0.1) is 5.52 Å². The Morgan fingerprint density at radius 1 is 1.42 bits per heavy atom. The van der Waals surface area contributed by atoms with Gasteiger partial charge in [0, 0.05) is 30.0 Å². The number of aryl methyl sites for hydroxylation is 2. The number of aromatic nitrogens is 3. The second-order valence-corrected chi connectivity index (χ2v) is 5.99. The Labute approximate surface area is 139 Å². The van der Waals surface area contributed by atoms with E-state index >= 15 is 0 Å². The number of carbonyl (C=O) groups excluding carboxylic acids is 1. The molecule has 0 fully saturated rings. The van der Waals surface area contributed by atoms with Crippen LogP contribution in [0.4, 0.5) is 4.39 Å². The van der Waals surface area contributed by atoms with Crippen molar-refractivity contribution >= 4 is 16.8 Å². The summed E-state index contributed by atoms with van der Waals surface area (Å²) in [5, 5.41) is 7.89. The third-order valence-electron chi connectivity index (χ3n) is 4.45. The van der Waals surface area contributed by atoms with Crippen molar-refractivity contribution in [2.24, 2.45) is 0 Å². The van der Waals surface area contributed by atoms with E-state index in [-0.39, 0.29) is 24.3 Å². The maximum Gasteiger partial charge on any atom is 0.245 e. The second kappa shape index (κ2) is 6.47. The first-order valence-electron chi connectivity index (χ1n) is 8.05. The van der Waals surface area contributed by atoms with Crippen molar-refractivity contribution in [1.82, 2.24) is 20.1 Å². The Hall–Kier alpha value is -2.63. The van der Waals surface area contributed by atoms with Gasteiger partial charge in [0.25, 0.3) is 0 Å². The Kier molecular flexibility index (Phi) is 4.38. The standard InChI is InChI=1S/C18H21FN4O/c1-4-16(23-7-5-6-21-23)18(24)20-10-13-8-14(19)9-15-11(2)12(3)22-17(13)15/h5-9,16,22H,4,10H2,1-3H3,(H,20,24). The molecule has 2 aromatic heterocycles. The van der Waals surface area contributed by atoms with E-state index in [1.165, 1.54) is 12.1 Å². The molecule has 0 saturated carbocycles. The SMILES string of the molecule is CCC(C(=O)NCc1cc(F)cc2c(C)c(C)[nH]c12)n1cccn1. The normalized spacial score (nSPS) is 12.5. The molecule has 1 amide bonds. The number of benzene rings is 1. The third-order valence-corrected chi connectivity index (χ3v) is 4.45. The number of amides is 1. The number of carbonyl (C=O) groups is 1. The molecule has 0 spiro atoms. The minimum atomic E-state index is -0.365. The smallest absolute Gasteiger partial charge is 0.245 e. The molecular weight excluding hydrogens is 307 g/mol. The molecule has 1 unspecified atom stereocenters. The van der Waals surface area contributed by atoms with Gasteiger partial charge in [-0.3, -0.25) is 9.48 Å². The van der Waals surface area contributed by atoms with Crippen LogP contribution in [0.15, 0.2) is 30.6 Å². The van der Waals surface area contributed by atoms with Gasteiger partial charge in [-0.15, -0.1) is 0 Å². The summed E-state index contributed by atoms with van der Waals surface area (Å²) in [5.41, 5.74) is 3.65. The molecule has 2 heterocycles. The van der Waals surface area contributed by atoms with E-state index in [1.807, 2.05) is 20.8 Å². The first-order valence-corrected chi connectivity index (χ1v) is 8.05. The number of nitrogens with one attached hydrogen (secondary N) is 2. The molecule has 2 N–H and O–H groups in total. The topological polar surface area (TPSA) is 62.7 Å². The van der Waals surface area contributed by atoms with Crippen molar-refractivity contribution in [3.8, 4) is 0 Å². The predicted octanol–water partition coefficient (Wildman–Crippen LogP) is 3.39. The van der Waals surface area contributed by atoms with Crippen molar-refractivity contribution in [2.45, 2.75) is 39.8 Å². The Bertz CT molecular complexity index is 867. The molecule has 1 aromatic carbocycles. The molecule has 126 valence electrons. The van der Waals surface area contributed by atoms with Crippen molar-refractivity contribution in [2.75, 3.05) is 0 Å². The van der Waals surface area contributed by atoms with Crippen LogP contribution in [0.3, 0.4) is 0 Å². The molecule has 3 rings (SSSR count). The zero-order valence-electron chi connectivity index (χ0n) is 14.1. The summed E-state index contributed by atoms with van der Waals surface area (Å²) >= 11 is 0. The molecule has 24 heavy (non-hydrogen) atoms. The largest absolute Gasteiger partial charge is 0.358 e. The lowest BCUT2D eigenvalue weighted by Crippen LogP contribution is -2.32. The van der Waals surface area contributed by atoms with Crippen LogP contribution >= 0.6 is 0 Å². The number of rotatable bonds is 5. The van der Waals surface area contributed by atoms with E-state index in [4.69, 9.17) is 0 Å². The van der Waals surface area contributed by atoms with Gasteiger partial charge in [0.15, 0.2) is 0 Å². The maximum absolute atomic E-state index is 13.9. The Morgan fingerprint density at radius 3 is 2.88 bits per heavy atom. The first-order chi connectivity index (χ1) is 11.5. The van der Waals surface area contributed by atoms with Crippen LogP contribution in [0.5, 0.6) is 0 Å². The quantitative estimate of drug-likeness (QED) is 0.754. The number of aromatic amines is 1. The van der Waals surface area contributed by atoms with Crippen molar-refractivity contribution in [3.05, 3.63) is 53.2 Å². The predicted molar refractivity (Wildman–Crippen MR) is 91.1 cm³/mol. The van der Waals surface area contributed by atoms with Gasteiger partial charge in [0.2, 0.25) is 5.91 Å². The lowest BCUT2D eigenvalue weighted by atomic mass is 10.1. The van der Waals surface area contributed by atoms with Crippen LogP contribution in [0, 0.1) is 19.7 Å². The molecule has 0 aliphatic carbocycles. The molecule has 3 aromatic rings. The molecule has 0 bridgehead atoms. The van der Waals surface area contributed by atoms with Crippen molar-refractivity contribution < 1.29 is 9.18 Å². The van der Waals surface area contributed by atoms with Gasteiger partial charge in [0.1, 0.15) is 11.9 Å². The fourth-order valence-corrected chi connectivity index (χ4v) is 2.99. The fraction of sp³-hybridized carbons (Fsp3) is 0.333. The molecule has 0 aliphatic heterocycles. The zero-order chi connectivity index (χ0) is 17.3. The summed E-state index contributed by atoms with van der Waals surface area (Å²) in [6.45, 7) is 6.12. The fourth-order valence-electron chi connectivity index (χ4n) is 2.99. The van der Waals surface area contributed by atoms with Gasteiger partial charge in [-0.1, -0.05) is 6.92 Å². The Balaban J connectivity index is 1.83. The highest BCUT2D eigenvalue weighted by Gasteiger charge is 2.19. The van der Waals surface area contributed by atoms with Gasteiger partial charge < -0.3 is 10.3 Å². The monoisotopic (exact) mass is 328 g/mol. The second-order valence-electron chi connectivity index (χ2n) is 5.99. The minimum absolute atomic E-state index is 0.126. The zero-order valence-corrected chi connectivity index (χ0v) is 14.1. The summed E-state index contributed by atoms with van der Waals surface area (Å²) in [4.78, 5) is 15.7. The minimum Gasteiger partial charge on any atom is -0.358 e. The highest BCUT2D eigenvalue weighted by atomic mass is 19.1. The number of halogens is 1. The molecule has 0 aliphatic rings. The van der Waals surface area contributed by atoms with Crippen LogP contribution < -0.4 is 5.32 Å². The summed E-state index contributed by atoms with van der Waals surface area (Å²) in [6.07, 6.45) is 4.05. The highest BCUT2D eigenvalue weighted by Crippen LogP contribution is 2.25. The van der Waals surface area contributed by atoms with Gasteiger partial charge in [-0.2, -0.15) is 5.10 Å². The van der Waals surface area contributed by atoms with Gasteiger partial charge in [-0.05, 0) is 49.6 Å². The van der Waals surface area contributed by atoms with Crippen LogP contribution in [-0.2, 0) is 11.3 Å². The average molecular weight is 328 g/mol. The van der Waals surface area contributed by atoms with Gasteiger partial charge >= 0.3 is 0 Å². The van der Waals surface area contributed by atoms with E-state index in [0.29, 0.717) is 6.42 Å². The van der Waals surface area contributed by atoms with Crippen LogP contribution in [0.1, 0.15) is 36.2 Å². The van der Waals surface area contributed by atoms with E-state index in [0.717, 1.165) is 27.7 Å². The average Bonchev–Trinajstić information content (AvgIpc) is 3.17. The maximum atomic E-state index is 13.9. The third kappa shape index (κ3) is 2.91. The van der Waals surface area contributed by atoms with Crippen molar-refractivity contribution in [1.29, 1.82) is 0 Å². The summed E-state index contributed by atoms with van der Waals surface area (Å²) in [7, 11) is 0. The summed E-state index contributed by atoms with van der Waals surface area (Å²) in [6, 6.07) is 4.41. The molecule has 0 saturated heterocycles. The molecular formula is C18H21FN4O. The number of fused-ring (bicyclic) bond motifs is 1. The summed E-state index contributed by atoms with van der Waals surface area (Å²) < 4.78 is 15.6. The molecule has 1 atom stereocenters. The molecule has 6 heteroatoms. The summed E-state index contributed by atoms with van der Waals surface area (Å²) in [5.74, 6) is -0.424. The van der Waals surface area contributed by atoms with Gasteiger partial charge in [-0.25, -0.2) is 4.39 Å². The van der Waals surface area contributed by atoms with Crippen molar-refractivity contribution in [3.63, 3.8) is 0 Å². The first kappa shape index (κ1) is 16.2. The lowest BCUT2D eigenvalue weighted by Gasteiger charge is -2.16. The number of nitrogens with zero attached hydrogens (tertiary/aromatic N) is 2. The number of H-pyrrole nitrogens is 1. The lowest BCUT2D eigenvalue weighted by molar-refractivity contribution is -0.124. The van der Waals surface area contributed by atoms with Crippen LogP contribution in [0.25, 0.3) is 10.9 Å². The van der Waals surface area contributed by atoms with E-state index < -0.39 is 0 Å². The number of hydrogen-bond acceptors (Lipinski definition) is 2. The number of hydrogen-bond donors (Lipinski definition) is 2.